The Bertz CT molecular complexity index is 611. The maximum Gasteiger partial charge on any atom is 0.154 e. The van der Waals surface area contributed by atoms with Crippen molar-refractivity contribution in [1.82, 2.24) is 19.9 Å². The summed E-state index contributed by atoms with van der Waals surface area (Å²) in [7, 11) is 0. The SMILES string of the molecule is Cc1cc2c(N3CCC4(CCNC4)C3)nccn2n1. The first-order valence-corrected chi connectivity index (χ1v) is 7.03. The molecule has 0 amide bonds. The summed E-state index contributed by atoms with van der Waals surface area (Å²) in [4.78, 5) is 7.04. The fourth-order valence-corrected chi connectivity index (χ4v) is 3.53. The van der Waals surface area contributed by atoms with E-state index in [9.17, 15) is 0 Å². The summed E-state index contributed by atoms with van der Waals surface area (Å²) in [5.74, 6) is 1.09. The van der Waals surface area contributed by atoms with E-state index in [0.717, 1.165) is 43.2 Å². The highest BCUT2D eigenvalue weighted by molar-refractivity contribution is 5.69. The molecule has 2 aliphatic rings. The van der Waals surface area contributed by atoms with Crippen molar-refractivity contribution in [2.24, 2.45) is 5.41 Å². The van der Waals surface area contributed by atoms with E-state index in [0.29, 0.717) is 5.41 Å². The van der Waals surface area contributed by atoms with E-state index in [1.807, 2.05) is 23.8 Å². The number of nitrogens with zero attached hydrogens (tertiary/aromatic N) is 4. The third-order valence-corrected chi connectivity index (χ3v) is 4.56. The molecule has 4 heterocycles. The average Bonchev–Trinajstić information content (AvgIpc) is 3.10. The minimum atomic E-state index is 0.476. The highest BCUT2D eigenvalue weighted by Crippen LogP contribution is 2.38. The van der Waals surface area contributed by atoms with Crippen LogP contribution < -0.4 is 10.2 Å². The molecule has 0 bridgehead atoms. The fraction of sp³-hybridized carbons (Fsp3) is 0.571. The van der Waals surface area contributed by atoms with E-state index >= 15 is 0 Å². The van der Waals surface area contributed by atoms with Crippen molar-refractivity contribution < 1.29 is 0 Å². The third-order valence-electron chi connectivity index (χ3n) is 4.56. The number of aryl methyl sites for hydroxylation is 1. The van der Waals surface area contributed by atoms with Crippen molar-refractivity contribution in [2.75, 3.05) is 31.1 Å². The van der Waals surface area contributed by atoms with Crippen LogP contribution in [-0.4, -0.2) is 40.8 Å². The summed E-state index contributed by atoms with van der Waals surface area (Å²) in [5, 5.41) is 7.98. The molecule has 2 aromatic heterocycles. The number of nitrogens with one attached hydrogen (secondary N) is 1. The first kappa shape index (κ1) is 11.2. The van der Waals surface area contributed by atoms with Crippen LogP contribution in [0.1, 0.15) is 18.5 Å². The topological polar surface area (TPSA) is 45.5 Å². The molecule has 5 heteroatoms. The van der Waals surface area contributed by atoms with Crippen LogP contribution in [0, 0.1) is 12.3 Å². The molecule has 2 aliphatic heterocycles. The van der Waals surface area contributed by atoms with Crippen LogP contribution >= 0.6 is 0 Å². The molecule has 2 fully saturated rings. The van der Waals surface area contributed by atoms with Gasteiger partial charge in [-0.1, -0.05) is 0 Å². The smallest absolute Gasteiger partial charge is 0.154 e. The fourth-order valence-electron chi connectivity index (χ4n) is 3.53. The molecule has 2 aromatic rings. The summed E-state index contributed by atoms with van der Waals surface area (Å²) < 4.78 is 1.94. The molecule has 2 saturated heterocycles. The second-order valence-electron chi connectivity index (χ2n) is 5.96. The molecule has 0 radical (unpaired) electrons. The summed E-state index contributed by atoms with van der Waals surface area (Å²) in [6.07, 6.45) is 6.35. The van der Waals surface area contributed by atoms with Gasteiger partial charge in [-0.15, -0.1) is 0 Å². The minimum Gasteiger partial charge on any atom is -0.354 e. The van der Waals surface area contributed by atoms with Crippen LogP contribution in [0.15, 0.2) is 18.5 Å². The maximum absolute atomic E-state index is 4.60. The van der Waals surface area contributed by atoms with Gasteiger partial charge in [-0.25, -0.2) is 9.50 Å². The Morgan fingerprint density at radius 1 is 1.37 bits per heavy atom. The molecule has 1 N–H and O–H groups in total. The van der Waals surface area contributed by atoms with Crippen LogP contribution in [-0.2, 0) is 0 Å². The zero-order chi connectivity index (χ0) is 12.9. The van der Waals surface area contributed by atoms with Gasteiger partial charge in [-0.2, -0.15) is 5.10 Å². The molecule has 100 valence electrons. The van der Waals surface area contributed by atoms with Crippen molar-refractivity contribution in [2.45, 2.75) is 19.8 Å². The van der Waals surface area contributed by atoms with E-state index in [2.05, 4.69) is 26.4 Å². The van der Waals surface area contributed by atoms with E-state index in [4.69, 9.17) is 0 Å². The summed E-state index contributed by atoms with van der Waals surface area (Å²) in [5.41, 5.74) is 2.65. The van der Waals surface area contributed by atoms with Gasteiger partial charge in [0.25, 0.3) is 0 Å². The van der Waals surface area contributed by atoms with E-state index in [1.165, 1.54) is 12.8 Å². The number of hydrogen-bond donors (Lipinski definition) is 1. The zero-order valence-electron chi connectivity index (χ0n) is 11.3. The van der Waals surface area contributed by atoms with Gasteiger partial charge >= 0.3 is 0 Å². The predicted octanol–water partition coefficient (Wildman–Crippen LogP) is 1.23. The summed E-state index contributed by atoms with van der Waals surface area (Å²) >= 11 is 0. The van der Waals surface area contributed by atoms with Gasteiger partial charge in [0, 0.05) is 37.4 Å². The molecule has 4 rings (SSSR count). The Morgan fingerprint density at radius 2 is 2.32 bits per heavy atom. The maximum atomic E-state index is 4.60. The van der Waals surface area contributed by atoms with Crippen molar-refractivity contribution in [3.63, 3.8) is 0 Å². The molecule has 5 nitrogen and oxygen atoms in total. The van der Waals surface area contributed by atoms with E-state index in [1.54, 1.807) is 0 Å². The van der Waals surface area contributed by atoms with Gasteiger partial charge in [0.1, 0.15) is 5.52 Å². The molecule has 19 heavy (non-hydrogen) atoms. The van der Waals surface area contributed by atoms with Gasteiger partial charge in [-0.3, -0.25) is 0 Å². The minimum absolute atomic E-state index is 0.476. The largest absolute Gasteiger partial charge is 0.354 e. The first-order valence-electron chi connectivity index (χ1n) is 7.03. The van der Waals surface area contributed by atoms with E-state index < -0.39 is 0 Å². The van der Waals surface area contributed by atoms with Crippen LogP contribution in [0.2, 0.25) is 0 Å². The van der Waals surface area contributed by atoms with E-state index in [-0.39, 0.29) is 0 Å². The number of aromatic nitrogens is 3. The van der Waals surface area contributed by atoms with Gasteiger partial charge < -0.3 is 10.2 Å². The molecule has 1 atom stereocenters. The molecule has 0 saturated carbocycles. The first-order chi connectivity index (χ1) is 9.26. The van der Waals surface area contributed by atoms with Crippen molar-refractivity contribution in [1.29, 1.82) is 0 Å². The Morgan fingerprint density at radius 3 is 3.16 bits per heavy atom. The molecule has 0 aliphatic carbocycles. The van der Waals surface area contributed by atoms with Gasteiger partial charge in [0.15, 0.2) is 5.82 Å². The number of rotatable bonds is 1. The molecule has 1 spiro atoms. The lowest BCUT2D eigenvalue weighted by Crippen LogP contribution is -2.29. The van der Waals surface area contributed by atoms with Crippen LogP contribution in [0.25, 0.3) is 5.52 Å². The van der Waals surface area contributed by atoms with Gasteiger partial charge in [0.05, 0.1) is 5.69 Å². The standard InChI is InChI=1S/C14H19N5/c1-11-8-12-13(16-5-7-19(12)17-11)18-6-3-14(10-18)2-4-15-9-14/h5,7-8,15H,2-4,6,9-10H2,1H3. The summed E-state index contributed by atoms with van der Waals surface area (Å²) in [6.45, 7) is 6.58. The Balaban J connectivity index is 1.71. The molecule has 1 unspecified atom stereocenters. The molecular formula is C14H19N5. The Hall–Kier alpha value is -1.62. The normalized spacial score (nSPS) is 26.9. The van der Waals surface area contributed by atoms with Crippen LogP contribution in [0.5, 0.6) is 0 Å². The number of hydrogen-bond acceptors (Lipinski definition) is 4. The lowest BCUT2D eigenvalue weighted by Gasteiger charge is -2.23. The highest BCUT2D eigenvalue weighted by atomic mass is 15.3. The number of fused-ring (bicyclic) bond motifs is 1. The molecular weight excluding hydrogens is 238 g/mol. The lowest BCUT2D eigenvalue weighted by molar-refractivity contribution is 0.369. The number of anilines is 1. The van der Waals surface area contributed by atoms with Crippen molar-refractivity contribution in [3.05, 3.63) is 24.2 Å². The third kappa shape index (κ3) is 1.72. The second-order valence-corrected chi connectivity index (χ2v) is 5.96. The lowest BCUT2D eigenvalue weighted by atomic mass is 9.87. The summed E-state index contributed by atoms with van der Waals surface area (Å²) in [6, 6.07) is 2.13. The average molecular weight is 257 g/mol. The zero-order valence-corrected chi connectivity index (χ0v) is 11.3. The second kappa shape index (κ2) is 3.93. The van der Waals surface area contributed by atoms with Gasteiger partial charge in [0.2, 0.25) is 0 Å². The monoisotopic (exact) mass is 257 g/mol. The predicted molar refractivity (Wildman–Crippen MR) is 74.5 cm³/mol. The quantitative estimate of drug-likeness (QED) is 0.834. The van der Waals surface area contributed by atoms with Crippen LogP contribution in [0.3, 0.4) is 0 Å². The Labute approximate surface area is 112 Å². The highest BCUT2D eigenvalue weighted by Gasteiger charge is 2.41. The molecule has 0 aromatic carbocycles. The van der Waals surface area contributed by atoms with Crippen molar-refractivity contribution in [3.8, 4) is 0 Å². The van der Waals surface area contributed by atoms with Crippen molar-refractivity contribution >= 4 is 11.3 Å². The Kier molecular flexibility index (Phi) is 2.33. The van der Waals surface area contributed by atoms with Crippen LogP contribution in [0.4, 0.5) is 5.82 Å². The van der Waals surface area contributed by atoms with Gasteiger partial charge in [-0.05, 0) is 32.4 Å².